The molecule has 2 aliphatic heterocycles. The van der Waals surface area contributed by atoms with Crippen LogP contribution in [0.15, 0.2) is 54.6 Å². The number of nitrogens with zero attached hydrogens (tertiary/aromatic N) is 4. The van der Waals surface area contributed by atoms with Gasteiger partial charge in [-0.25, -0.2) is 13.6 Å². The average molecular weight is 648 g/mol. The molecular formula is C34H39F2N7O4. The number of likely N-dealkylation sites (tertiary alicyclic amines) is 1. The summed E-state index contributed by atoms with van der Waals surface area (Å²) >= 11 is 0. The number of halogens is 2. The molecule has 3 heterocycles. The smallest absolute Gasteiger partial charge is 0.409 e. The summed E-state index contributed by atoms with van der Waals surface area (Å²) in [5, 5.41) is 14.4. The van der Waals surface area contributed by atoms with Gasteiger partial charge in [-0.15, -0.1) is 0 Å². The highest BCUT2D eigenvalue weighted by atomic mass is 19.1. The number of carbonyl (C=O) groups excluding carboxylic acids is 2. The van der Waals surface area contributed by atoms with E-state index in [0.717, 1.165) is 37.9 Å². The first-order chi connectivity index (χ1) is 22.7. The molecule has 0 aliphatic carbocycles. The minimum atomic E-state index is -0.675. The second-order valence-corrected chi connectivity index (χ2v) is 11.9. The third-order valence-electron chi connectivity index (χ3n) is 8.59. The van der Waals surface area contributed by atoms with Crippen LogP contribution in [0.3, 0.4) is 0 Å². The molecule has 2 fully saturated rings. The number of benzene rings is 3. The van der Waals surface area contributed by atoms with E-state index in [-0.39, 0.29) is 24.6 Å². The third kappa shape index (κ3) is 7.74. The molecule has 0 unspecified atom stereocenters. The van der Waals surface area contributed by atoms with Crippen LogP contribution in [0.1, 0.15) is 35.7 Å². The first-order valence-electron chi connectivity index (χ1n) is 15.9. The van der Waals surface area contributed by atoms with Gasteiger partial charge in [0.15, 0.2) is 5.82 Å². The molecule has 4 aromatic rings. The van der Waals surface area contributed by atoms with Gasteiger partial charge in [0.2, 0.25) is 0 Å². The van der Waals surface area contributed by atoms with Crippen molar-refractivity contribution in [2.75, 3.05) is 68.5 Å². The Kier molecular flexibility index (Phi) is 9.71. The summed E-state index contributed by atoms with van der Waals surface area (Å²) in [7, 11) is 2.11. The minimum Gasteiger partial charge on any atom is -0.489 e. The van der Waals surface area contributed by atoms with E-state index < -0.39 is 11.6 Å². The number of fused-ring (bicyclic) bond motifs is 1. The fourth-order valence-electron chi connectivity index (χ4n) is 5.97. The van der Waals surface area contributed by atoms with Gasteiger partial charge in [0.1, 0.15) is 24.0 Å². The SMILES string of the molecule is CCOC(=O)N1CCC(Nc2cc(N3CCN(C)CC3)ccc2C(=O)Nc2n[nH]c3ccc(OCc4cc(F)cc(F)c4)cc23)CC1. The zero-order valence-electron chi connectivity index (χ0n) is 26.5. The van der Waals surface area contributed by atoms with E-state index in [9.17, 15) is 18.4 Å². The number of carbonyl (C=O) groups is 2. The Labute approximate surface area is 271 Å². The molecule has 1 aromatic heterocycles. The molecule has 6 rings (SSSR count). The largest absolute Gasteiger partial charge is 0.489 e. The van der Waals surface area contributed by atoms with E-state index in [1.807, 2.05) is 18.2 Å². The van der Waals surface area contributed by atoms with Crippen molar-refractivity contribution in [3.8, 4) is 5.75 Å². The molecule has 11 nitrogen and oxygen atoms in total. The van der Waals surface area contributed by atoms with Crippen LogP contribution < -0.4 is 20.3 Å². The Morgan fingerprint density at radius 3 is 2.43 bits per heavy atom. The first kappa shape index (κ1) is 32.0. The van der Waals surface area contributed by atoms with E-state index in [0.29, 0.717) is 71.8 Å². The van der Waals surface area contributed by atoms with Crippen molar-refractivity contribution in [3.63, 3.8) is 0 Å². The van der Waals surface area contributed by atoms with Crippen LogP contribution in [-0.2, 0) is 11.3 Å². The number of anilines is 3. The molecule has 2 saturated heterocycles. The van der Waals surface area contributed by atoms with Crippen molar-refractivity contribution in [2.45, 2.75) is 32.4 Å². The summed E-state index contributed by atoms with van der Waals surface area (Å²) in [5.74, 6) is -0.912. The Morgan fingerprint density at radius 2 is 1.70 bits per heavy atom. The Balaban J connectivity index is 1.20. The number of nitrogens with one attached hydrogen (secondary N) is 3. The van der Waals surface area contributed by atoms with Crippen LogP contribution in [0.2, 0.25) is 0 Å². The molecule has 2 amide bonds. The van der Waals surface area contributed by atoms with Gasteiger partial charge in [0, 0.05) is 68.1 Å². The molecule has 0 spiro atoms. The quantitative estimate of drug-likeness (QED) is 0.220. The standard InChI is InChI=1S/C34H39F2N7O4/c1-3-46-34(45)43-10-8-25(9-11-43)37-31-19-26(42-14-12-41(2)13-15-42)4-6-28(31)33(44)38-32-29-20-27(5-7-30(29)39-40-32)47-21-22-16-23(35)18-24(36)17-22/h4-7,16-20,25,37H,3,8-15,21H2,1-2H3,(H2,38,39,40,44). The van der Waals surface area contributed by atoms with Crippen LogP contribution in [0, 0.1) is 11.6 Å². The van der Waals surface area contributed by atoms with Crippen molar-refractivity contribution in [1.82, 2.24) is 20.0 Å². The third-order valence-corrected chi connectivity index (χ3v) is 8.59. The van der Waals surface area contributed by atoms with E-state index in [1.165, 1.54) is 12.1 Å². The Morgan fingerprint density at radius 1 is 0.957 bits per heavy atom. The summed E-state index contributed by atoms with van der Waals surface area (Å²) in [6.07, 6.45) is 1.13. The fraction of sp³-hybridized carbons (Fsp3) is 0.382. The van der Waals surface area contributed by atoms with E-state index in [2.05, 4.69) is 37.7 Å². The molecule has 0 saturated carbocycles. The summed E-state index contributed by atoms with van der Waals surface area (Å²) in [4.78, 5) is 32.4. The number of rotatable bonds is 9. The molecule has 0 radical (unpaired) electrons. The topological polar surface area (TPSA) is 115 Å². The number of aromatic nitrogens is 2. The lowest BCUT2D eigenvalue weighted by Crippen LogP contribution is -2.44. The highest BCUT2D eigenvalue weighted by molar-refractivity contribution is 6.11. The van der Waals surface area contributed by atoms with Crippen molar-refractivity contribution in [1.29, 1.82) is 0 Å². The van der Waals surface area contributed by atoms with E-state index in [1.54, 1.807) is 30.0 Å². The Hall–Kier alpha value is -4.91. The van der Waals surface area contributed by atoms with Gasteiger partial charge in [-0.2, -0.15) is 5.10 Å². The number of hydrogen-bond acceptors (Lipinski definition) is 8. The number of hydrogen-bond donors (Lipinski definition) is 3. The van der Waals surface area contributed by atoms with E-state index in [4.69, 9.17) is 9.47 Å². The maximum absolute atomic E-state index is 13.8. The monoisotopic (exact) mass is 647 g/mol. The van der Waals surface area contributed by atoms with Gasteiger partial charge in [-0.1, -0.05) is 0 Å². The highest BCUT2D eigenvalue weighted by Gasteiger charge is 2.26. The van der Waals surface area contributed by atoms with Gasteiger partial charge in [0.25, 0.3) is 5.91 Å². The molecule has 248 valence electrons. The molecule has 13 heteroatoms. The number of piperazine rings is 1. The normalized spacial score (nSPS) is 15.9. The van der Waals surface area contributed by atoms with Gasteiger partial charge in [-0.3, -0.25) is 9.89 Å². The molecule has 47 heavy (non-hydrogen) atoms. The minimum absolute atomic E-state index is 0.0346. The number of aromatic amines is 1. The predicted octanol–water partition coefficient (Wildman–Crippen LogP) is 5.46. The number of amides is 2. The predicted molar refractivity (Wildman–Crippen MR) is 176 cm³/mol. The summed E-state index contributed by atoms with van der Waals surface area (Å²) in [6, 6.07) is 14.3. The number of H-pyrrole nitrogens is 1. The molecular weight excluding hydrogens is 608 g/mol. The summed E-state index contributed by atoms with van der Waals surface area (Å²) < 4.78 is 38.2. The fourth-order valence-corrected chi connectivity index (χ4v) is 5.97. The molecule has 3 N–H and O–H groups in total. The van der Waals surface area contributed by atoms with Crippen LogP contribution in [0.25, 0.3) is 10.9 Å². The number of piperidine rings is 1. The van der Waals surface area contributed by atoms with Crippen LogP contribution in [0.4, 0.5) is 30.8 Å². The van der Waals surface area contributed by atoms with Crippen molar-refractivity contribution < 1.29 is 27.8 Å². The van der Waals surface area contributed by atoms with Gasteiger partial charge < -0.3 is 34.8 Å². The lowest BCUT2D eigenvalue weighted by Gasteiger charge is -2.35. The summed E-state index contributed by atoms with van der Waals surface area (Å²) in [5.41, 5.74) is 3.25. The second kappa shape index (κ2) is 14.2. The number of likely N-dealkylation sites (N-methyl/N-ethyl adjacent to an activating group) is 1. The molecule has 0 atom stereocenters. The number of ether oxygens (including phenoxy) is 2. The molecule has 3 aromatic carbocycles. The Bertz CT molecular complexity index is 1710. The maximum atomic E-state index is 13.8. The average Bonchev–Trinajstić information content (AvgIpc) is 3.45. The van der Waals surface area contributed by atoms with Crippen molar-refractivity contribution >= 4 is 40.1 Å². The van der Waals surface area contributed by atoms with Gasteiger partial charge in [0.05, 0.1) is 17.7 Å². The van der Waals surface area contributed by atoms with Crippen molar-refractivity contribution in [3.05, 3.63) is 77.4 Å². The molecule has 0 bridgehead atoms. The van der Waals surface area contributed by atoms with Gasteiger partial charge >= 0.3 is 6.09 Å². The van der Waals surface area contributed by atoms with Crippen LogP contribution in [0.5, 0.6) is 5.75 Å². The molecule has 2 aliphatic rings. The zero-order valence-corrected chi connectivity index (χ0v) is 26.5. The second-order valence-electron chi connectivity index (χ2n) is 11.9. The van der Waals surface area contributed by atoms with Crippen molar-refractivity contribution in [2.24, 2.45) is 0 Å². The highest BCUT2D eigenvalue weighted by Crippen LogP contribution is 2.30. The maximum Gasteiger partial charge on any atom is 0.409 e. The van der Waals surface area contributed by atoms with Gasteiger partial charge in [-0.05, 0) is 80.9 Å². The van der Waals surface area contributed by atoms with Crippen LogP contribution >= 0.6 is 0 Å². The summed E-state index contributed by atoms with van der Waals surface area (Å²) in [6.45, 7) is 6.90. The lowest BCUT2D eigenvalue weighted by molar-refractivity contribution is 0.0983. The van der Waals surface area contributed by atoms with E-state index >= 15 is 0 Å². The zero-order chi connectivity index (χ0) is 32.9. The van der Waals surface area contributed by atoms with Crippen LogP contribution in [-0.4, -0.2) is 91.0 Å². The lowest BCUT2D eigenvalue weighted by atomic mass is 10.0. The first-order valence-corrected chi connectivity index (χ1v) is 15.9.